The number of aldehydes is 1. The zero-order valence-corrected chi connectivity index (χ0v) is 11.4. The van der Waals surface area contributed by atoms with Crippen LogP contribution in [0.2, 0.25) is 0 Å². The van der Waals surface area contributed by atoms with Crippen molar-refractivity contribution >= 4 is 12.0 Å². The summed E-state index contributed by atoms with van der Waals surface area (Å²) in [5, 5.41) is 0. The molecular formula is C15H22FNO. The molecule has 2 nitrogen and oxygen atoms in total. The van der Waals surface area contributed by atoms with Crippen molar-refractivity contribution in [3.05, 3.63) is 29.6 Å². The Balaban J connectivity index is 3.01. The number of benzene rings is 1. The Morgan fingerprint density at radius 1 is 1.28 bits per heavy atom. The first kappa shape index (κ1) is 14.7. The van der Waals surface area contributed by atoms with Gasteiger partial charge >= 0.3 is 0 Å². The van der Waals surface area contributed by atoms with Crippen molar-refractivity contribution in [3.63, 3.8) is 0 Å². The smallest absolute Gasteiger partial charge is 0.155 e. The van der Waals surface area contributed by atoms with Gasteiger partial charge in [0.05, 0.1) is 11.3 Å². The van der Waals surface area contributed by atoms with Gasteiger partial charge in [0.15, 0.2) is 6.29 Å². The molecule has 0 heterocycles. The Morgan fingerprint density at radius 2 is 1.94 bits per heavy atom. The summed E-state index contributed by atoms with van der Waals surface area (Å²) in [6, 6.07) is 4.81. The molecule has 0 radical (unpaired) electrons. The Morgan fingerprint density at radius 3 is 2.44 bits per heavy atom. The van der Waals surface area contributed by atoms with Gasteiger partial charge in [-0.15, -0.1) is 0 Å². The molecule has 0 atom stereocenters. The lowest BCUT2D eigenvalue weighted by Gasteiger charge is -2.28. The molecule has 0 amide bonds. The summed E-state index contributed by atoms with van der Waals surface area (Å²) in [4.78, 5) is 13.1. The number of carbonyl (C=O) groups excluding carboxylic acids is 1. The van der Waals surface area contributed by atoms with E-state index in [9.17, 15) is 9.18 Å². The van der Waals surface area contributed by atoms with Gasteiger partial charge in [0.2, 0.25) is 0 Å². The second kappa shape index (κ2) is 7.14. The molecule has 0 saturated carbocycles. The number of rotatable bonds is 7. The Labute approximate surface area is 109 Å². The van der Waals surface area contributed by atoms with E-state index in [-0.39, 0.29) is 5.56 Å². The van der Waals surface area contributed by atoms with Crippen molar-refractivity contribution in [2.24, 2.45) is 5.92 Å². The molecular weight excluding hydrogens is 229 g/mol. The van der Waals surface area contributed by atoms with Crippen LogP contribution in [0.3, 0.4) is 0 Å². The maximum Gasteiger partial charge on any atom is 0.155 e. The first-order valence-corrected chi connectivity index (χ1v) is 6.66. The van der Waals surface area contributed by atoms with E-state index in [0.29, 0.717) is 17.9 Å². The van der Waals surface area contributed by atoms with Crippen LogP contribution in [0.5, 0.6) is 0 Å². The van der Waals surface area contributed by atoms with Gasteiger partial charge in [0, 0.05) is 13.1 Å². The maximum absolute atomic E-state index is 13.6. The summed E-state index contributed by atoms with van der Waals surface area (Å²) < 4.78 is 13.6. The van der Waals surface area contributed by atoms with Gasteiger partial charge in [-0.3, -0.25) is 4.79 Å². The van der Waals surface area contributed by atoms with E-state index >= 15 is 0 Å². The molecule has 3 heteroatoms. The van der Waals surface area contributed by atoms with E-state index < -0.39 is 5.82 Å². The number of hydrogen-bond acceptors (Lipinski definition) is 2. The second-order valence-electron chi connectivity index (χ2n) is 4.51. The van der Waals surface area contributed by atoms with Crippen LogP contribution >= 0.6 is 0 Å². The highest BCUT2D eigenvalue weighted by Crippen LogP contribution is 2.23. The van der Waals surface area contributed by atoms with Gasteiger partial charge in [-0.05, 0) is 25.0 Å². The van der Waals surface area contributed by atoms with Gasteiger partial charge in [0.1, 0.15) is 5.82 Å². The number of nitrogens with zero attached hydrogens (tertiary/aromatic N) is 1. The second-order valence-corrected chi connectivity index (χ2v) is 4.51. The molecule has 1 aromatic carbocycles. The minimum Gasteiger partial charge on any atom is -0.371 e. The molecule has 0 unspecified atom stereocenters. The summed E-state index contributed by atoms with van der Waals surface area (Å²) in [6.07, 6.45) is 2.80. The topological polar surface area (TPSA) is 20.3 Å². The molecule has 0 fully saturated rings. The van der Waals surface area contributed by atoms with Crippen molar-refractivity contribution in [3.8, 4) is 0 Å². The van der Waals surface area contributed by atoms with Crippen LogP contribution in [0, 0.1) is 11.7 Å². The lowest BCUT2D eigenvalue weighted by molar-refractivity contribution is 0.112. The van der Waals surface area contributed by atoms with Gasteiger partial charge in [-0.1, -0.05) is 32.8 Å². The van der Waals surface area contributed by atoms with E-state index in [0.717, 1.165) is 25.9 Å². The van der Waals surface area contributed by atoms with Gasteiger partial charge in [-0.25, -0.2) is 4.39 Å². The predicted molar refractivity (Wildman–Crippen MR) is 73.7 cm³/mol. The number of halogens is 1. The summed E-state index contributed by atoms with van der Waals surface area (Å²) >= 11 is 0. The fraction of sp³-hybridized carbons (Fsp3) is 0.533. The van der Waals surface area contributed by atoms with Crippen LogP contribution in [-0.4, -0.2) is 19.4 Å². The molecule has 1 rings (SSSR count). The standard InChI is InChI=1S/C15H22FNO/c1-4-12(5-2)10-17(6-3)15-9-7-8-14(16)13(15)11-18/h7-9,11-12H,4-6,10H2,1-3H3. The van der Waals surface area contributed by atoms with Crippen molar-refractivity contribution in [1.82, 2.24) is 0 Å². The maximum atomic E-state index is 13.6. The van der Waals surface area contributed by atoms with Crippen LogP contribution in [-0.2, 0) is 0 Å². The van der Waals surface area contributed by atoms with Crippen LogP contribution in [0.25, 0.3) is 0 Å². The monoisotopic (exact) mass is 251 g/mol. The Hall–Kier alpha value is -1.38. The first-order valence-electron chi connectivity index (χ1n) is 6.66. The lowest BCUT2D eigenvalue weighted by Crippen LogP contribution is -2.30. The summed E-state index contributed by atoms with van der Waals surface area (Å²) in [5.74, 6) is 0.137. The number of carbonyl (C=O) groups is 1. The van der Waals surface area contributed by atoms with Crippen molar-refractivity contribution in [1.29, 1.82) is 0 Å². The zero-order valence-electron chi connectivity index (χ0n) is 11.4. The number of anilines is 1. The third-order valence-corrected chi connectivity index (χ3v) is 3.50. The van der Waals surface area contributed by atoms with Crippen molar-refractivity contribution in [2.75, 3.05) is 18.0 Å². The normalized spacial score (nSPS) is 10.7. The minimum absolute atomic E-state index is 0.172. The van der Waals surface area contributed by atoms with Crippen LogP contribution in [0.1, 0.15) is 44.0 Å². The van der Waals surface area contributed by atoms with E-state index in [2.05, 4.69) is 18.7 Å². The van der Waals surface area contributed by atoms with E-state index in [1.165, 1.54) is 6.07 Å². The highest BCUT2D eigenvalue weighted by atomic mass is 19.1. The molecule has 0 aromatic heterocycles. The summed E-state index contributed by atoms with van der Waals surface area (Å²) in [7, 11) is 0. The molecule has 0 aliphatic carbocycles. The molecule has 0 aliphatic heterocycles. The third-order valence-electron chi connectivity index (χ3n) is 3.50. The summed E-state index contributed by atoms with van der Waals surface area (Å²) in [6.45, 7) is 8.00. The molecule has 0 N–H and O–H groups in total. The summed E-state index contributed by atoms with van der Waals surface area (Å²) in [5.41, 5.74) is 0.879. The third kappa shape index (κ3) is 3.31. The highest BCUT2D eigenvalue weighted by Gasteiger charge is 2.15. The van der Waals surface area contributed by atoms with Crippen LogP contribution < -0.4 is 4.90 Å². The average molecular weight is 251 g/mol. The molecule has 0 saturated heterocycles. The molecule has 18 heavy (non-hydrogen) atoms. The van der Waals surface area contributed by atoms with E-state index in [1.54, 1.807) is 6.07 Å². The molecule has 100 valence electrons. The number of hydrogen-bond donors (Lipinski definition) is 0. The van der Waals surface area contributed by atoms with E-state index in [4.69, 9.17) is 0 Å². The zero-order chi connectivity index (χ0) is 13.5. The molecule has 0 spiro atoms. The molecule has 0 bridgehead atoms. The van der Waals surface area contributed by atoms with Crippen molar-refractivity contribution in [2.45, 2.75) is 33.6 Å². The average Bonchev–Trinajstić information content (AvgIpc) is 2.40. The first-order chi connectivity index (χ1) is 8.67. The van der Waals surface area contributed by atoms with Crippen molar-refractivity contribution < 1.29 is 9.18 Å². The van der Waals surface area contributed by atoms with Gasteiger partial charge < -0.3 is 4.90 Å². The Bertz CT molecular complexity index is 388. The molecule has 1 aromatic rings. The SMILES string of the molecule is CCC(CC)CN(CC)c1cccc(F)c1C=O. The molecule has 0 aliphatic rings. The Kier molecular flexibility index (Phi) is 5.83. The van der Waals surface area contributed by atoms with Crippen LogP contribution in [0.15, 0.2) is 18.2 Å². The van der Waals surface area contributed by atoms with Gasteiger partial charge in [-0.2, -0.15) is 0 Å². The quantitative estimate of drug-likeness (QED) is 0.685. The minimum atomic E-state index is -0.439. The largest absolute Gasteiger partial charge is 0.371 e. The predicted octanol–water partition coefficient (Wildman–Crippen LogP) is 3.90. The highest BCUT2D eigenvalue weighted by molar-refractivity contribution is 5.85. The van der Waals surface area contributed by atoms with Crippen LogP contribution in [0.4, 0.5) is 10.1 Å². The van der Waals surface area contributed by atoms with E-state index in [1.807, 2.05) is 13.0 Å². The van der Waals surface area contributed by atoms with Gasteiger partial charge in [0.25, 0.3) is 0 Å². The fourth-order valence-corrected chi connectivity index (χ4v) is 2.17. The lowest BCUT2D eigenvalue weighted by atomic mass is 10.0. The fourth-order valence-electron chi connectivity index (χ4n) is 2.17.